The second-order valence-electron chi connectivity index (χ2n) is 4.02. The predicted molar refractivity (Wildman–Crippen MR) is 68.9 cm³/mol. The first kappa shape index (κ1) is 11.9. The van der Waals surface area contributed by atoms with Crippen molar-refractivity contribution >= 4 is 33.4 Å². The monoisotopic (exact) mass is 301 g/mol. The van der Waals surface area contributed by atoms with Crippen LogP contribution < -0.4 is 0 Å². The Morgan fingerprint density at radius 1 is 1.44 bits per heavy atom. The zero-order valence-electron chi connectivity index (χ0n) is 8.99. The van der Waals surface area contributed by atoms with Gasteiger partial charge in [-0.3, -0.25) is 4.79 Å². The first-order chi connectivity index (χ1) is 7.59. The average molecular weight is 303 g/mol. The van der Waals surface area contributed by atoms with Gasteiger partial charge in [-0.15, -0.1) is 0 Å². The molecule has 0 aliphatic carbocycles. The number of hydrogen-bond acceptors (Lipinski definition) is 1. The third kappa shape index (κ3) is 2.25. The lowest BCUT2D eigenvalue weighted by Gasteiger charge is -2.24. The van der Waals surface area contributed by atoms with Gasteiger partial charge in [0.1, 0.15) is 0 Å². The molecule has 0 spiro atoms. The minimum absolute atomic E-state index is 0.0118. The van der Waals surface area contributed by atoms with Crippen molar-refractivity contribution in [3.8, 4) is 0 Å². The quantitative estimate of drug-likeness (QED) is 0.767. The van der Waals surface area contributed by atoms with Gasteiger partial charge in [0.2, 0.25) is 5.91 Å². The van der Waals surface area contributed by atoms with E-state index < -0.39 is 0 Å². The van der Waals surface area contributed by atoms with E-state index in [1.165, 1.54) is 0 Å². The van der Waals surface area contributed by atoms with Crippen LogP contribution in [0.3, 0.4) is 0 Å². The predicted octanol–water partition coefficient (Wildman–Crippen LogP) is 3.40. The number of halogens is 2. The molecule has 1 amide bonds. The minimum Gasteiger partial charge on any atom is -0.335 e. The summed E-state index contributed by atoms with van der Waals surface area (Å²) < 4.78 is 0. The summed E-state index contributed by atoms with van der Waals surface area (Å²) in [4.78, 5) is 13.7. The van der Waals surface area contributed by atoms with Gasteiger partial charge in [0.15, 0.2) is 0 Å². The summed E-state index contributed by atoms with van der Waals surface area (Å²) >= 11 is 9.22. The maximum atomic E-state index is 11.8. The van der Waals surface area contributed by atoms with E-state index in [9.17, 15) is 4.79 Å². The van der Waals surface area contributed by atoms with E-state index in [1.807, 2.05) is 36.1 Å². The fourth-order valence-electron chi connectivity index (χ4n) is 1.97. The van der Waals surface area contributed by atoms with Crippen LogP contribution in [0.15, 0.2) is 24.3 Å². The second kappa shape index (κ2) is 4.76. The number of nitrogens with zero attached hydrogens (tertiary/aromatic N) is 1. The fraction of sp³-hybridized carbons (Fsp3) is 0.417. The number of benzene rings is 1. The van der Waals surface area contributed by atoms with Crippen molar-refractivity contribution < 1.29 is 4.79 Å². The van der Waals surface area contributed by atoms with Crippen LogP contribution in [0.4, 0.5) is 0 Å². The molecule has 0 bridgehead atoms. The van der Waals surface area contributed by atoms with Gasteiger partial charge in [-0.05, 0) is 31.0 Å². The third-order valence-electron chi connectivity index (χ3n) is 2.99. The summed E-state index contributed by atoms with van der Waals surface area (Å²) in [6.07, 6.45) is 0.886. The van der Waals surface area contributed by atoms with E-state index in [0.717, 1.165) is 23.6 Å². The molecule has 0 aromatic heterocycles. The number of carbonyl (C=O) groups is 1. The first-order valence-corrected chi connectivity index (χ1v) is 6.59. The minimum atomic E-state index is -0.0118. The molecule has 4 heteroatoms. The van der Waals surface area contributed by atoms with Crippen molar-refractivity contribution in [3.05, 3.63) is 34.9 Å². The molecule has 2 atom stereocenters. The molecule has 1 aromatic rings. The molecule has 1 saturated heterocycles. The molecule has 0 radical (unpaired) electrons. The summed E-state index contributed by atoms with van der Waals surface area (Å²) in [6.45, 7) is 2.87. The van der Waals surface area contributed by atoms with Crippen molar-refractivity contribution in [1.82, 2.24) is 4.90 Å². The number of alkyl halides is 1. The molecule has 16 heavy (non-hydrogen) atoms. The number of rotatable bonds is 2. The SMILES string of the molecule is CC(c1ccc(Cl)cc1)N1CCC(Br)C1=O. The van der Waals surface area contributed by atoms with Gasteiger partial charge in [0.05, 0.1) is 10.9 Å². The molecule has 2 rings (SSSR count). The highest BCUT2D eigenvalue weighted by molar-refractivity contribution is 9.10. The Labute approximate surface area is 109 Å². The lowest BCUT2D eigenvalue weighted by molar-refractivity contribution is -0.128. The molecule has 0 saturated carbocycles. The summed E-state index contributed by atoms with van der Waals surface area (Å²) in [5, 5.41) is 0.724. The van der Waals surface area contributed by atoms with Crippen LogP contribution >= 0.6 is 27.5 Å². The second-order valence-corrected chi connectivity index (χ2v) is 5.56. The molecule has 2 nitrogen and oxygen atoms in total. The Bertz CT molecular complexity index is 393. The van der Waals surface area contributed by atoms with E-state index in [-0.39, 0.29) is 16.8 Å². The van der Waals surface area contributed by atoms with Crippen LogP contribution in [-0.2, 0) is 4.79 Å². The molecular formula is C12H13BrClNO. The number of amides is 1. The maximum Gasteiger partial charge on any atom is 0.236 e. The molecule has 2 unspecified atom stereocenters. The molecule has 86 valence electrons. The van der Waals surface area contributed by atoms with Gasteiger partial charge in [-0.25, -0.2) is 0 Å². The van der Waals surface area contributed by atoms with E-state index >= 15 is 0 Å². The summed E-state index contributed by atoms with van der Waals surface area (Å²) in [7, 11) is 0. The Balaban J connectivity index is 2.16. The zero-order chi connectivity index (χ0) is 11.7. The largest absolute Gasteiger partial charge is 0.335 e. The molecule has 0 N–H and O–H groups in total. The normalized spacial score (nSPS) is 22.6. The van der Waals surface area contributed by atoms with Crippen LogP contribution in [0, 0.1) is 0 Å². The Hall–Kier alpha value is -0.540. The van der Waals surface area contributed by atoms with E-state index in [2.05, 4.69) is 15.9 Å². The summed E-state index contributed by atoms with van der Waals surface area (Å²) in [5.74, 6) is 0.183. The molecule has 1 aliphatic heterocycles. The highest BCUT2D eigenvalue weighted by Gasteiger charge is 2.32. The number of likely N-dealkylation sites (tertiary alicyclic amines) is 1. The van der Waals surface area contributed by atoms with Crippen molar-refractivity contribution in [2.75, 3.05) is 6.54 Å². The smallest absolute Gasteiger partial charge is 0.236 e. The van der Waals surface area contributed by atoms with Crippen molar-refractivity contribution in [1.29, 1.82) is 0 Å². The van der Waals surface area contributed by atoms with Crippen LogP contribution in [-0.4, -0.2) is 22.2 Å². The van der Waals surface area contributed by atoms with Gasteiger partial charge in [-0.2, -0.15) is 0 Å². The molecule has 1 aliphatic rings. The van der Waals surface area contributed by atoms with Gasteiger partial charge in [-0.1, -0.05) is 39.7 Å². The summed E-state index contributed by atoms with van der Waals surface area (Å²) in [5.41, 5.74) is 1.12. The molecular weight excluding hydrogens is 289 g/mol. The van der Waals surface area contributed by atoms with Gasteiger partial charge in [0.25, 0.3) is 0 Å². The number of carbonyl (C=O) groups excluding carboxylic acids is 1. The lowest BCUT2D eigenvalue weighted by atomic mass is 10.1. The third-order valence-corrected chi connectivity index (χ3v) is 4.10. The van der Waals surface area contributed by atoms with E-state index in [0.29, 0.717) is 0 Å². The average Bonchev–Trinajstić information content (AvgIpc) is 2.60. The standard InChI is InChI=1S/C12H13BrClNO/c1-8(9-2-4-10(14)5-3-9)15-7-6-11(13)12(15)16/h2-5,8,11H,6-7H2,1H3. The van der Waals surface area contributed by atoms with Gasteiger partial charge in [0, 0.05) is 11.6 Å². The Kier molecular flexibility index (Phi) is 3.55. The fourth-order valence-corrected chi connectivity index (χ4v) is 2.57. The van der Waals surface area contributed by atoms with Crippen molar-refractivity contribution in [3.63, 3.8) is 0 Å². The Morgan fingerprint density at radius 3 is 2.56 bits per heavy atom. The van der Waals surface area contributed by atoms with E-state index in [1.54, 1.807) is 0 Å². The molecule has 1 aromatic carbocycles. The van der Waals surface area contributed by atoms with Crippen LogP contribution in [0.5, 0.6) is 0 Å². The van der Waals surface area contributed by atoms with E-state index in [4.69, 9.17) is 11.6 Å². The van der Waals surface area contributed by atoms with Gasteiger partial charge < -0.3 is 4.90 Å². The Morgan fingerprint density at radius 2 is 2.06 bits per heavy atom. The topological polar surface area (TPSA) is 20.3 Å². The van der Waals surface area contributed by atoms with Crippen LogP contribution in [0.2, 0.25) is 5.02 Å². The highest BCUT2D eigenvalue weighted by atomic mass is 79.9. The maximum absolute atomic E-state index is 11.8. The van der Waals surface area contributed by atoms with Crippen LogP contribution in [0.25, 0.3) is 0 Å². The van der Waals surface area contributed by atoms with Crippen molar-refractivity contribution in [2.45, 2.75) is 24.2 Å². The van der Waals surface area contributed by atoms with Crippen molar-refractivity contribution in [2.24, 2.45) is 0 Å². The molecule has 1 heterocycles. The zero-order valence-corrected chi connectivity index (χ0v) is 11.3. The van der Waals surface area contributed by atoms with Gasteiger partial charge >= 0.3 is 0 Å². The highest BCUT2D eigenvalue weighted by Crippen LogP contribution is 2.28. The first-order valence-electron chi connectivity index (χ1n) is 5.29. The number of hydrogen-bond donors (Lipinski definition) is 0. The molecule has 1 fully saturated rings. The lowest BCUT2D eigenvalue weighted by Crippen LogP contribution is -2.30. The van der Waals surface area contributed by atoms with Crippen LogP contribution in [0.1, 0.15) is 24.9 Å². The summed E-state index contributed by atoms with van der Waals surface area (Å²) in [6, 6.07) is 7.79.